The fraction of sp³-hybridized carbons (Fsp3) is 0.571. The van der Waals surface area contributed by atoms with Gasteiger partial charge in [-0.05, 0) is 0 Å². The average molecular weight is 255 g/mol. The first kappa shape index (κ1) is 14.7. The van der Waals surface area contributed by atoms with Crippen molar-refractivity contribution >= 4 is 25.5 Å². The third-order valence-corrected chi connectivity index (χ3v) is 4.05. The maximum Gasteiger partial charge on any atom is 0.404 e. The van der Waals surface area contributed by atoms with Crippen LogP contribution >= 0.6 is 19.5 Å². The Labute approximate surface area is 92.2 Å². The van der Waals surface area contributed by atoms with Crippen LogP contribution in [-0.4, -0.2) is 43.2 Å². The van der Waals surface area contributed by atoms with Crippen LogP contribution in [-0.2, 0) is 9.36 Å². The molecule has 3 N–H and O–H groups in total. The standard InChI is InChI=1S/C7H14NO5PS/c1-3-5-15-6(7(9)10)8(4-2)14(11,12)13/h3,6H,1,4-5H2,2H3,(H,9,10)(H2,11,12,13). The van der Waals surface area contributed by atoms with Crippen molar-refractivity contribution in [3.63, 3.8) is 0 Å². The molecule has 15 heavy (non-hydrogen) atoms. The molecule has 1 atom stereocenters. The Bertz CT molecular complexity index is 279. The molecule has 0 aliphatic rings. The van der Waals surface area contributed by atoms with E-state index in [0.717, 1.165) is 11.8 Å². The number of carboxylic acids is 1. The lowest BCUT2D eigenvalue weighted by Gasteiger charge is -2.26. The van der Waals surface area contributed by atoms with Gasteiger partial charge in [-0.3, -0.25) is 0 Å². The summed E-state index contributed by atoms with van der Waals surface area (Å²) in [4.78, 5) is 28.7. The molecule has 88 valence electrons. The average Bonchev–Trinajstić information content (AvgIpc) is 2.09. The van der Waals surface area contributed by atoms with E-state index in [0.29, 0.717) is 10.4 Å². The van der Waals surface area contributed by atoms with Crippen molar-refractivity contribution in [2.24, 2.45) is 0 Å². The summed E-state index contributed by atoms with van der Waals surface area (Å²) in [6.07, 6.45) is 1.48. The van der Waals surface area contributed by atoms with E-state index < -0.39 is 19.1 Å². The predicted molar refractivity (Wildman–Crippen MR) is 58.5 cm³/mol. The van der Waals surface area contributed by atoms with Gasteiger partial charge in [0, 0.05) is 12.3 Å². The molecule has 0 saturated heterocycles. The second kappa shape index (κ2) is 6.30. The molecule has 0 rings (SSSR count). The van der Waals surface area contributed by atoms with E-state index in [1.165, 1.54) is 13.0 Å². The summed E-state index contributed by atoms with van der Waals surface area (Å²) in [5, 5.41) is 7.57. The highest BCUT2D eigenvalue weighted by Crippen LogP contribution is 2.43. The number of carboxylic acid groups (broad SMARTS) is 1. The van der Waals surface area contributed by atoms with Crippen LogP contribution in [0.3, 0.4) is 0 Å². The molecule has 0 aromatic rings. The van der Waals surface area contributed by atoms with Gasteiger partial charge in [-0.2, -0.15) is 4.67 Å². The van der Waals surface area contributed by atoms with E-state index in [-0.39, 0.29) is 6.54 Å². The normalized spacial score (nSPS) is 13.9. The van der Waals surface area contributed by atoms with Crippen LogP contribution in [0.5, 0.6) is 0 Å². The number of nitrogens with zero attached hydrogens (tertiary/aromatic N) is 1. The fourth-order valence-electron chi connectivity index (χ4n) is 0.931. The molecule has 0 aromatic heterocycles. The molecule has 0 saturated carbocycles. The summed E-state index contributed by atoms with van der Waals surface area (Å²) in [6.45, 7) is 4.87. The summed E-state index contributed by atoms with van der Waals surface area (Å²) in [6, 6.07) is 0. The Morgan fingerprint density at radius 2 is 2.20 bits per heavy atom. The number of thioether (sulfide) groups is 1. The first-order valence-corrected chi connectivity index (χ1v) is 6.74. The summed E-state index contributed by atoms with van der Waals surface area (Å²) in [7, 11) is -4.53. The van der Waals surface area contributed by atoms with Crippen LogP contribution in [0.25, 0.3) is 0 Å². The molecule has 0 bridgehead atoms. The fourth-order valence-corrected chi connectivity index (χ4v) is 3.02. The highest BCUT2D eigenvalue weighted by molar-refractivity contribution is 8.00. The van der Waals surface area contributed by atoms with E-state index in [1.807, 2.05) is 0 Å². The van der Waals surface area contributed by atoms with Crippen LogP contribution in [0.4, 0.5) is 0 Å². The van der Waals surface area contributed by atoms with Gasteiger partial charge in [-0.1, -0.05) is 13.0 Å². The second-order valence-electron chi connectivity index (χ2n) is 2.58. The third kappa shape index (κ3) is 4.81. The predicted octanol–water partition coefficient (Wildman–Crippen LogP) is 0.731. The molecule has 0 aliphatic carbocycles. The van der Waals surface area contributed by atoms with Crippen molar-refractivity contribution in [1.29, 1.82) is 0 Å². The van der Waals surface area contributed by atoms with Crippen LogP contribution < -0.4 is 0 Å². The molecule has 0 aliphatic heterocycles. The number of aliphatic carboxylic acids is 1. The highest BCUT2D eigenvalue weighted by atomic mass is 32.2. The lowest BCUT2D eigenvalue weighted by Crippen LogP contribution is -2.36. The Balaban J connectivity index is 4.78. The molecule has 8 heteroatoms. The topological polar surface area (TPSA) is 98.1 Å². The highest BCUT2D eigenvalue weighted by Gasteiger charge is 2.35. The second-order valence-corrected chi connectivity index (χ2v) is 5.24. The van der Waals surface area contributed by atoms with E-state index in [2.05, 4.69) is 6.58 Å². The molecule has 0 radical (unpaired) electrons. The molecule has 1 unspecified atom stereocenters. The summed E-state index contributed by atoms with van der Waals surface area (Å²) < 4.78 is 11.6. The summed E-state index contributed by atoms with van der Waals surface area (Å²) in [5.74, 6) is -0.958. The Morgan fingerprint density at radius 1 is 1.67 bits per heavy atom. The van der Waals surface area contributed by atoms with Gasteiger partial charge < -0.3 is 14.9 Å². The Hall–Kier alpha value is -0.330. The van der Waals surface area contributed by atoms with E-state index in [9.17, 15) is 9.36 Å². The lowest BCUT2D eigenvalue weighted by molar-refractivity contribution is -0.138. The largest absolute Gasteiger partial charge is 0.479 e. The van der Waals surface area contributed by atoms with Gasteiger partial charge in [0.15, 0.2) is 5.37 Å². The Kier molecular flexibility index (Phi) is 6.16. The van der Waals surface area contributed by atoms with E-state index in [1.54, 1.807) is 0 Å². The monoisotopic (exact) mass is 255 g/mol. The van der Waals surface area contributed by atoms with Gasteiger partial charge in [0.1, 0.15) is 0 Å². The number of likely N-dealkylation sites (N-methyl/N-ethyl adjacent to an activating group) is 1. The third-order valence-electron chi connectivity index (χ3n) is 1.51. The number of hydrogen-bond donors (Lipinski definition) is 3. The number of hydrogen-bond acceptors (Lipinski definition) is 3. The van der Waals surface area contributed by atoms with E-state index in [4.69, 9.17) is 14.9 Å². The van der Waals surface area contributed by atoms with Gasteiger partial charge in [-0.15, -0.1) is 18.3 Å². The molecular formula is C7H14NO5PS. The first-order valence-electron chi connectivity index (χ1n) is 4.12. The molecule has 0 amide bonds. The molecular weight excluding hydrogens is 241 g/mol. The lowest BCUT2D eigenvalue weighted by atomic mass is 10.6. The van der Waals surface area contributed by atoms with Crippen molar-refractivity contribution in [3.05, 3.63) is 12.7 Å². The maximum atomic E-state index is 11.0. The van der Waals surface area contributed by atoms with Crippen LogP contribution in [0.2, 0.25) is 0 Å². The molecule has 0 spiro atoms. The van der Waals surface area contributed by atoms with Crippen molar-refractivity contribution in [2.75, 3.05) is 12.3 Å². The molecule has 6 nitrogen and oxygen atoms in total. The van der Waals surface area contributed by atoms with Crippen LogP contribution in [0.1, 0.15) is 6.92 Å². The van der Waals surface area contributed by atoms with Crippen molar-refractivity contribution in [1.82, 2.24) is 4.67 Å². The zero-order valence-electron chi connectivity index (χ0n) is 8.24. The SMILES string of the molecule is C=CCSC(C(=O)O)N(CC)P(=O)(O)O. The van der Waals surface area contributed by atoms with Gasteiger partial charge in [-0.25, -0.2) is 9.36 Å². The van der Waals surface area contributed by atoms with Crippen molar-refractivity contribution in [3.8, 4) is 0 Å². The van der Waals surface area contributed by atoms with Gasteiger partial charge in [0.2, 0.25) is 0 Å². The summed E-state index contributed by atoms with van der Waals surface area (Å²) in [5.41, 5.74) is 0. The van der Waals surface area contributed by atoms with Gasteiger partial charge >= 0.3 is 13.7 Å². The summed E-state index contributed by atoms with van der Waals surface area (Å²) >= 11 is 0.905. The number of rotatable bonds is 7. The zero-order chi connectivity index (χ0) is 12.1. The van der Waals surface area contributed by atoms with Crippen molar-refractivity contribution in [2.45, 2.75) is 12.3 Å². The van der Waals surface area contributed by atoms with Gasteiger partial charge in [0.05, 0.1) is 0 Å². The van der Waals surface area contributed by atoms with Crippen LogP contribution in [0, 0.1) is 0 Å². The quantitative estimate of drug-likeness (QED) is 0.350. The molecule has 0 heterocycles. The first-order chi connectivity index (χ1) is 6.84. The van der Waals surface area contributed by atoms with Crippen molar-refractivity contribution < 1.29 is 24.3 Å². The smallest absolute Gasteiger partial charge is 0.404 e. The Morgan fingerprint density at radius 3 is 2.47 bits per heavy atom. The maximum absolute atomic E-state index is 11.0. The minimum Gasteiger partial charge on any atom is -0.479 e. The number of carbonyl (C=O) groups is 1. The zero-order valence-corrected chi connectivity index (χ0v) is 9.95. The minimum absolute atomic E-state index is 0.0363. The molecule has 0 aromatic carbocycles. The molecule has 0 fully saturated rings. The minimum atomic E-state index is -4.53. The van der Waals surface area contributed by atoms with Gasteiger partial charge in [0.25, 0.3) is 0 Å². The van der Waals surface area contributed by atoms with Crippen LogP contribution in [0.15, 0.2) is 12.7 Å². The van der Waals surface area contributed by atoms with E-state index >= 15 is 0 Å².